The van der Waals surface area contributed by atoms with Gasteiger partial charge in [0.2, 0.25) is 0 Å². The third kappa shape index (κ3) is 5.07. The highest BCUT2D eigenvalue weighted by molar-refractivity contribution is 6.31. The number of hydrogen-bond acceptors (Lipinski definition) is 4. The van der Waals surface area contributed by atoms with Crippen molar-refractivity contribution in [3.63, 3.8) is 0 Å². The summed E-state index contributed by atoms with van der Waals surface area (Å²) >= 11 is 5.91. The maximum Gasteiger partial charge on any atom is 0.390 e. The molecule has 0 fully saturated rings. The monoisotopic (exact) mass is 282 g/mol. The van der Waals surface area contributed by atoms with E-state index in [0.29, 0.717) is 16.5 Å². The predicted molar refractivity (Wildman–Crippen MR) is 64.1 cm³/mol. The number of hydrogen-bond donors (Lipinski definition) is 2. The Balaban J connectivity index is 2.61. The lowest BCUT2D eigenvalue weighted by molar-refractivity contribution is -0.137. The van der Waals surface area contributed by atoms with Gasteiger partial charge in [-0.3, -0.25) is 0 Å². The zero-order chi connectivity index (χ0) is 13.8. The van der Waals surface area contributed by atoms with Crippen molar-refractivity contribution in [2.75, 3.05) is 19.0 Å². The van der Waals surface area contributed by atoms with E-state index in [1.165, 1.54) is 4.90 Å². The van der Waals surface area contributed by atoms with Crippen LogP contribution in [0.3, 0.4) is 0 Å². The molecule has 18 heavy (non-hydrogen) atoms. The fraction of sp³-hybridized carbons (Fsp3) is 0.500. The van der Waals surface area contributed by atoms with Crippen LogP contribution < -0.4 is 11.3 Å². The molecule has 0 aliphatic rings. The molecule has 0 atom stereocenters. The molecule has 1 heterocycles. The zero-order valence-corrected chi connectivity index (χ0v) is 10.5. The number of nitrogens with zero attached hydrogens (tertiary/aromatic N) is 2. The quantitative estimate of drug-likeness (QED) is 0.643. The van der Waals surface area contributed by atoms with Crippen LogP contribution in [0, 0.1) is 0 Å². The molecule has 1 rings (SSSR count). The van der Waals surface area contributed by atoms with Crippen LogP contribution in [-0.2, 0) is 6.54 Å². The molecular formula is C10H14ClF3N4. The molecule has 0 aromatic carbocycles. The SMILES string of the molecule is CN(CCC(F)(F)F)Cc1nc(NN)ccc1Cl. The molecule has 0 radical (unpaired) electrons. The first-order chi connectivity index (χ1) is 8.31. The second-order valence-corrected chi connectivity index (χ2v) is 4.28. The fourth-order valence-electron chi connectivity index (χ4n) is 1.33. The minimum Gasteiger partial charge on any atom is -0.308 e. The molecule has 0 amide bonds. The molecule has 1 aromatic heterocycles. The Kier molecular flexibility index (Phi) is 5.18. The van der Waals surface area contributed by atoms with E-state index in [9.17, 15) is 13.2 Å². The van der Waals surface area contributed by atoms with E-state index in [1.807, 2.05) is 0 Å². The summed E-state index contributed by atoms with van der Waals surface area (Å²) in [6.07, 6.45) is -5.03. The van der Waals surface area contributed by atoms with Crippen molar-refractivity contribution in [3.05, 3.63) is 22.8 Å². The standard InChI is InChI=1S/C10H14ClF3N4/c1-18(5-4-10(12,13)14)6-8-7(11)2-3-9(16-8)17-15/h2-3H,4-6,15H2,1H3,(H,16,17). The molecular weight excluding hydrogens is 269 g/mol. The Bertz CT molecular complexity index is 397. The normalized spacial score (nSPS) is 11.9. The maximum absolute atomic E-state index is 12.1. The van der Waals surface area contributed by atoms with E-state index < -0.39 is 12.6 Å². The number of nitrogens with two attached hydrogens (primary N) is 1. The predicted octanol–water partition coefficient (Wildman–Crippen LogP) is 2.40. The van der Waals surface area contributed by atoms with E-state index in [2.05, 4.69) is 10.4 Å². The molecule has 0 saturated carbocycles. The van der Waals surface area contributed by atoms with Crippen LogP contribution in [0.2, 0.25) is 5.02 Å². The van der Waals surface area contributed by atoms with Crippen molar-refractivity contribution in [2.24, 2.45) is 5.84 Å². The van der Waals surface area contributed by atoms with Gasteiger partial charge in [0.25, 0.3) is 0 Å². The first kappa shape index (κ1) is 15.0. The molecule has 0 spiro atoms. The Morgan fingerprint density at radius 3 is 2.67 bits per heavy atom. The average Bonchev–Trinajstić information content (AvgIpc) is 2.28. The van der Waals surface area contributed by atoms with Crippen LogP contribution in [0.5, 0.6) is 0 Å². The molecule has 0 bridgehead atoms. The summed E-state index contributed by atoms with van der Waals surface area (Å²) in [6, 6.07) is 3.18. The third-order valence-corrected chi connectivity index (χ3v) is 2.61. The zero-order valence-electron chi connectivity index (χ0n) is 9.76. The maximum atomic E-state index is 12.1. The van der Waals surface area contributed by atoms with Crippen LogP contribution in [0.4, 0.5) is 19.0 Å². The number of alkyl halides is 3. The van der Waals surface area contributed by atoms with Crippen LogP contribution in [0.15, 0.2) is 12.1 Å². The average molecular weight is 283 g/mol. The van der Waals surface area contributed by atoms with Gasteiger partial charge < -0.3 is 10.3 Å². The summed E-state index contributed by atoms with van der Waals surface area (Å²) < 4.78 is 36.2. The highest BCUT2D eigenvalue weighted by atomic mass is 35.5. The number of pyridine rings is 1. The van der Waals surface area contributed by atoms with E-state index >= 15 is 0 Å². The topological polar surface area (TPSA) is 54.2 Å². The number of aromatic nitrogens is 1. The minimum absolute atomic E-state index is 0.109. The van der Waals surface area contributed by atoms with Crippen molar-refractivity contribution >= 4 is 17.4 Å². The van der Waals surface area contributed by atoms with Crippen LogP contribution in [0.25, 0.3) is 0 Å². The molecule has 1 aromatic rings. The second-order valence-electron chi connectivity index (χ2n) is 3.87. The summed E-state index contributed by atoms with van der Waals surface area (Å²) in [6.45, 7) is 0.117. The van der Waals surface area contributed by atoms with Gasteiger partial charge in [-0.05, 0) is 19.2 Å². The number of rotatable bonds is 5. The van der Waals surface area contributed by atoms with Crippen molar-refractivity contribution < 1.29 is 13.2 Å². The molecule has 0 aliphatic carbocycles. The Morgan fingerprint density at radius 1 is 1.44 bits per heavy atom. The van der Waals surface area contributed by atoms with Gasteiger partial charge in [-0.1, -0.05) is 11.6 Å². The molecule has 0 unspecified atom stereocenters. The van der Waals surface area contributed by atoms with Gasteiger partial charge in [0.05, 0.1) is 17.1 Å². The van der Waals surface area contributed by atoms with E-state index in [0.717, 1.165) is 0 Å². The van der Waals surface area contributed by atoms with Crippen molar-refractivity contribution in [2.45, 2.75) is 19.1 Å². The molecule has 0 saturated heterocycles. The minimum atomic E-state index is -4.16. The summed E-state index contributed by atoms with van der Waals surface area (Å²) in [5, 5.41) is 0.396. The van der Waals surface area contributed by atoms with Gasteiger partial charge in [-0.15, -0.1) is 0 Å². The number of halogens is 4. The fourth-order valence-corrected chi connectivity index (χ4v) is 1.49. The summed E-state index contributed by atoms with van der Waals surface area (Å²) in [5.74, 6) is 5.61. The largest absolute Gasteiger partial charge is 0.390 e. The summed E-state index contributed by atoms with van der Waals surface area (Å²) in [4.78, 5) is 5.59. The number of hydrazine groups is 1. The highest BCUT2D eigenvalue weighted by Crippen LogP contribution is 2.21. The molecule has 0 aliphatic heterocycles. The van der Waals surface area contributed by atoms with Crippen LogP contribution >= 0.6 is 11.6 Å². The van der Waals surface area contributed by atoms with Crippen molar-refractivity contribution in [1.29, 1.82) is 0 Å². The van der Waals surface area contributed by atoms with Crippen LogP contribution in [-0.4, -0.2) is 29.7 Å². The van der Waals surface area contributed by atoms with E-state index in [1.54, 1.807) is 19.2 Å². The molecule has 8 heteroatoms. The Labute approximate surface area is 108 Å². The van der Waals surface area contributed by atoms with E-state index in [4.69, 9.17) is 17.4 Å². The lowest BCUT2D eigenvalue weighted by atomic mass is 10.3. The van der Waals surface area contributed by atoms with Crippen LogP contribution in [0.1, 0.15) is 12.1 Å². The summed E-state index contributed by atoms with van der Waals surface area (Å²) in [7, 11) is 1.58. The number of nitrogens with one attached hydrogen (secondary N) is 1. The lowest BCUT2D eigenvalue weighted by Gasteiger charge is -2.18. The number of nitrogen functional groups attached to an aromatic ring is 1. The third-order valence-electron chi connectivity index (χ3n) is 2.26. The van der Waals surface area contributed by atoms with Gasteiger partial charge in [0.15, 0.2) is 0 Å². The Morgan fingerprint density at radius 2 is 2.11 bits per heavy atom. The highest BCUT2D eigenvalue weighted by Gasteiger charge is 2.27. The van der Waals surface area contributed by atoms with Gasteiger partial charge >= 0.3 is 6.18 Å². The smallest absolute Gasteiger partial charge is 0.308 e. The van der Waals surface area contributed by atoms with Gasteiger partial charge in [-0.2, -0.15) is 13.2 Å². The lowest BCUT2D eigenvalue weighted by Crippen LogP contribution is -2.25. The first-order valence-corrected chi connectivity index (χ1v) is 5.57. The van der Waals surface area contributed by atoms with Crippen molar-refractivity contribution in [1.82, 2.24) is 9.88 Å². The second kappa shape index (κ2) is 6.21. The first-order valence-electron chi connectivity index (χ1n) is 5.19. The molecule has 3 N–H and O–H groups in total. The molecule has 102 valence electrons. The number of anilines is 1. The van der Waals surface area contributed by atoms with Gasteiger partial charge in [0, 0.05) is 13.1 Å². The van der Waals surface area contributed by atoms with Gasteiger partial charge in [-0.25, -0.2) is 10.8 Å². The summed E-state index contributed by atoms with van der Waals surface area (Å²) in [5.41, 5.74) is 2.84. The van der Waals surface area contributed by atoms with E-state index in [-0.39, 0.29) is 13.1 Å². The molecule has 4 nitrogen and oxygen atoms in total. The van der Waals surface area contributed by atoms with Crippen molar-refractivity contribution in [3.8, 4) is 0 Å². The Hall–Kier alpha value is -1.05. The van der Waals surface area contributed by atoms with Gasteiger partial charge in [0.1, 0.15) is 5.82 Å².